The summed E-state index contributed by atoms with van der Waals surface area (Å²) in [5.74, 6) is 6.56. The zero-order valence-electron chi connectivity index (χ0n) is 10.7. The van der Waals surface area contributed by atoms with Crippen LogP contribution >= 0.6 is 15.9 Å². The molecule has 0 saturated heterocycles. The molecular weight excluding hydrogens is 340 g/mol. The average molecular weight is 351 g/mol. The lowest BCUT2D eigenvalue weighted by molar-refractivity contribution is 0.102. The molecule has 1 aliphatic heterocycles. The lowest BCUT2D eigenvalue weighted by Crippen LogP contribution is -2.18. The highest BCUT2D eigenvalue weighted by molar-refractivity contribution is 9.10. The minimum Gasteiger partial charge on any atom is -0.454 e. The Morgan fingerprint density at radius 2 is 2.10 bits per heavy atom. The van der Waals surface area contributed by atoms with Crippen LogP contribution in [-0.4, -0.2) is 17.7 Å². The van der Waals surface area contributed by atoms with Crippen LogP contribution in [0.5, 0.6) is 11.5 Å². The maximum Gasteiger partial charge on any atom is 0.259 e. The number of hydrazine groups is 1. The van der Waals surface area contributed by atoms with Crippen LogP contribution in [-0.2, 0) is 0 Å². The van der Waals surface area contributed by atoms with Crippen molar-refractivity contribution in [3.05, 3.63) is 40.5 Å². The summed E-state index contributed by atoms with van der Waals surface area (Å²) in [5, 5.41) is 2.76. The number of ether oxygens (including phenoxy) is 2. The molecule has 0 saturated carbocycles. The van der Waals surface area contributed by atoms with Crippen LogP contribution < -0.4 is 26.1 Å². The number of nitrogens with one attached hydrogen (secondary N) is 2. The number of aromatic nitrogens is 1. The van der Waals surface area contributed by atoms with E-state index in [2.05, 4.69) is 31.7 Å². The Kier molecular flexibility index (Phi) is 3.63. The van der Waals surface area contributed by atoms with Gasteiger partial charge in [0.15, 0.2) is 17.3 Å². The molecule has 1 aromatic heterocycles. The number of rotatable bonds is 3. The number of pyridine rings is 1. The van der Waals surface area contributed by atoms with Crippen molar-refractivity contribution < 1.29 is 14.3 Å². The number of nitrogens with two attached hydrogens (primary N) is 1. The van der Waals surface area contributed by atoms with Crippen molar-refractivity contribution >= 4 is 33.3 Å². The van der Waals surface area contributed by atoms with Gasteiger partial charge < -0.3 is 20.2 Å². The zero-order chi connectivity index (χ0) is 14.8. The van der Waals surface area contributed by atoms with Gasteiger partial charge in [0.25, 0.3) is 5.91 Å². The topological polar surface area (TPSA) is 98.5 Å². The minimum absolute atomic E-state index is 0.184. The standard InChI is InChI=1S/C13H11BrN4O3/c14-7-3-9(12(18-15)16-5-7)13(19)17-8-1-2-10-11(4-8)21-6-20-10/h1-5H,6,15H2,(H,16,18)(H,17,19). The second kappa shape index (κ2) is 5.58. The molecule has 1 amide bonds. The van der Waals surface area contributed by atoms with Crippen molar-refractivity contribution in [2.75, 3.05) is 17.5 Å². The number of nitrogen functional groups attached to an aromatic ring is 1. The quantitative estimate of drug-likeness (QED) is 0.579. The smallest absolute Gasteiger partial charge is 0.259 e. The highest BCUT2D eigenvalue weighted by atomic mass is 79.9. The third kappa shape index (κ3) is 2.76. The number of halogens is 1. The highest BCUT2D eigenvalue weighted by Crippen LogP contribution is 2.34. The van der Waals surface area contributed by atoms with E-state index in [0.717, 1.165) is 0 Å². The van der Waals surface area contributed by atoms with Crippen LogP contribution in [0.3, 0.4) is 0 Å². The number of amides is 1. The van der Waals surface area contributed by atoms with Gasteiger partial charge in [-0.1, -0.05) is 0 Å². The predicted octanol–water partition coefficient (Wildman–Crippen LogP) is 2.11. The lowest BCUT2D eigenvalue weighted by atomic mass is 10.2. The Hall–Kier alpha value is -2.32. The van der Waals surface area contributed by atoms with Crippen molar-refractivity contribution in [3.63, 3.8) is 0 Å². The van der Waals surface area contributed by atoms with E-state index in [1.807, 2.05) is 0 Å². The molecule has 0 atom stereocenters. The van der Waals surface area contributed by atoms with E-state index in [4.69, 9.17) is 15.3 Å². The predicted molar refractivity (Wildman–Crippen MR) is 80.3 cm³/mol. The Morgan fingerprint density at radius 1 is 1.29 bits per heavy atom. The molecule has 0 aliphatic carbocycles. The van der Waals surface area contributed by atoms with E-state index in [1.165, 1.54) is 0 Å². The lowest BCUT2D eigenvalue weighted by Gasteiger charge is -2.09. The van der Waals surface area contributed by atoms with Crippen LogP contribution in [0.25, 0.3) is 0 Å². The fourth-order valence-electron chi connectivity index (χ4n) is 1.90. The number of carbonyl (C=O) groups is 1. The van der Waals surface area contributed by atoms with Gasteiger partial charge in [-0.15, -0.1) is 0 Å². The van der Waals surface area contributed by atoms with Gasteiger partial charge in [-0.05, 0) is 34.1 Å². The Balaban J connectivity index is 1.85. The van der Waals surface area contributed by atoms with E-state index < -0.39 is 0 Å². The molecule has 0 unspecified atom stereocenters. The van der Waals surface area contributed by atoms with Crippen LogP contribution in [0.4, 0.5) is 11.5 Å². The molecule has 2 heterocycles. The van der Waals surface area contributed by atoms with Crippen molar-refractivity contribution in [2.24, 2.45) is 5.84 Å². The second-order valence-electron chi connectivity index (χ2n) is 4.22. The first kappa shape index (κ1) is 13.7. The van der Waals surface area contributed by atoms with E-state index >= 15 is 0 Å². The Labute approximate surface area is 128 Å². The third-order valence-corrected chi connectivity index (χ3v) is 3.30. The van der Waals surface area contributed by atoms with Crippen molar-refractivity contribution in [3.8, 4) is 11.5 Å². The van der Waals surface area contributed by atoms with E-state index in [-0.39, 0.29) is 18.5 Å². The van der Waals surface area contributed by atoms with Gasteiger partial charge in [0.1, 0.15) is 0 Å². The molecule has 0 radical (unpaired) electrons. The van der Waals surface area contributed by atoms with Gasteiger partial charge >= 0.3 is 0 Å². The number of benzene rings is 1. The first-order chi connectivity index (χ1) is 10.2. The monoisotopic (exact) mass is 350 g/mol. The molecule has 0 spiro atoms. The van der Waals surface area contributed by atoms with E-state index in [0.29, 0.717) is 27.2 Å². The molecule has 21 heavy (non-hydrogen) atoms. The molecule has 4 N–H and O–H groups in total. The van der Waals surface area contributed by atoms with Crippen molar-refractivity contribution in [2.45, 2.75) is 0 Å². The summed E-state index contributed by atoms with van der Waals surface area (Å²) < 4.78 is 11.2. The van der Waals surface area contributed by atoms with Crippen molar-refractivity contribution in [1.82, 2.24) is 4.98 Å². The molecule has 3 rings (SSSR count). The summed E-state index contributed by atoms with van der Waals surface area (Å²) in [7, 11) is 0. The van der Waals surface area contributed by atoms with Gasteiger partial charge in [-0.2, -0.15) is 0 Å². The van der Waals surface area contributed by atoms with Gasteiger partial charge in [0.05, 0.1) is 5.56 Å². The van der Waals surface area contributed by atoms with E-state index in [9.17, 15) is 4.79 Å². The molecule has 8 heteroatoms. The fourth-order valence-corrected chi connectivity index (χ4v) is 2.23. The van der Waals surface area contributed by atoms with Gasteiger partial charge in [-0.25, -0.2) is 10.8 Å². The van der Waals surface area contributed by atoms with Gasteiger partial charge in [0.2, 0.25) is 6.79 Å². The molecular formula is C13H11BrN4O3. The van der Waals surface area contributed by atoms with Gasteiger partial charge in [0, 0.05) is 22.4 Å². The first-order valence-electron chi connectivity index (χ1n) is 6.00. The van der Waals surface area contributed by atoms with E-state index in [1.54, 1.807) is 30.5 Å². The number of carbonyl (C=O) groups excluding carboxylic acids is 1. The molecule has 7 nitrogen and oxygen atoms in total. The molecule has 108 valence electrons. The summed E-state index contributed by atoms with van der Waals surface area (Å²) in [6.45, 7) is 0.184. The summed E-state index contributed by atoms with van der Waals surface area (Å²) >= 11 is 3.27. The number of hydrogen-bond acceptors (Lipinski definition) is 6. The highest BCUT2D eigenvalue weighted by Gasteiger charge is 2.16. The maximum atomic E-state index is 12.3. The van der Waals surface area contributed by atoms with Crippen LogP contribution in [0.15, 0.2) is 34.9 Å². The van der Waals surface area contributed by atoms with Crippen LogP contribution in [0.2, 0.25) is 0 Å². The summed E-state index contributed by atoms with van der Waals surface area (Å²) in [6.07, 6.45) is 1.55. The molecule has 1 aromatic carbocycles. The Morgan fingerprint density at radius 3 is 2.90 bits per heavy atom. The average Bonchev–Trinajstić information content (AvgIpc) is 2.94. The summed E-state index contributed by atoms with van der Waals surface area (Å²) in [5.41, 5.74) is 3.31. The normalized spacial score (nSPS) is 12.1. The zero-order valence-corrected chi connectivity index (χ0v) is 12.3. The SMILES string of the molecule is NNc1ncc(Br)cc1C(=O)Nc1ccc2c(c1)OCO2. The second-order valence-corrected chi connectivity index (χ2v) is 5.13. The number of fused-ring (bicyclic) bond motifs is 1. The number of nitrogens with zero attached hydrogens (tertiary/aromatic N) is 1. The molecule has 0 fully saturated rings. The maximum absolute atomic E-state index is 12.3. The molecule has 2 aromatic rings. The van der Waals surface area contributed by atoms with Gasteiger partial charge in [-0.3, -0.25) is 4.79 Å². The summed E-state index contributed by atoms with van der Waals surface area (Å²) in [4.78, 5) is 16.3. The number of anilines is 2. The number of hydrogen-bond donors (Lipinski definition) is 3. The molecule has 1 aliphatic rings. The summed E-state index contributed by atoms with van der Waals surface area (Å²) in [6, 6.07) is 6.79. The largest absolute Gasteiger partial charge is 0.454 e. The third-order valence-electron chi connectivity index (χ3n) is 2.87. The van der Waals surface area contributed by atoms with Crippen LogP contribution in [0.1, 0.15) is 10.4 Å². The first-order valence-corrected chi connectivity index (χ1v) is 6.80. The van der Waals surface area contributed by atoms with Crippen LogP contribution in [0, 0.1) is 0 Å². The molecule has 0 bridgehead atoms. The minimum atomic E-state index is -0.337. The Bertz CT molecular complexity index is 708. The fraction of sp³-hybridized carbons (Fsp3) is 0.0769. The van der Waals surface area contributed by atoms with Crippen molar-refractivity contribution in [1.29, 1.82) is 0 Å².